The van der Waals surface area contributed by atoms with Crippen LogP contribution in [-0.4, -0.2) is 21.8 Å². The van der Waals surface area contributed by atoms with Gasteiger partial charge < -0.3 is 10.1 Å². The van der Waals surface area contributed by atoms with Gasteiger partial charge in [0.1, 0.15) is 5.69 Å². The number of fused-ring (bicyclic) bond motifs is 1. The average molecular weight is 291 g/mol. The summed E-state index contributed by atoms with van der Waals surface area (Å²) in [5, 5.41) is 9.73. The second kappa shape index (κ2) is 5.69. The molecule has 3 aromatic rings. The van der Waals surface area contributed by atoms with Gasteiger partial charge in [0.2, 0.25) is 0 Å². The van der Waals surface area contributed by atoms with Crippen molar-refractivity contribution in [1.82, 2.24) is 4.98 Å². The number of aromatic amines is 1. The Kier molecular flexibility index (Phi) is 3.58. The molecular weight excluding hydrogens is 278 g/mol. The quantitative estimate of drug-likeness (QED) is 0.568. The van der Waals surface area contributed by atoms with Gasteiger partial charge in [0, 0.05) is 16.5 Å². The number of hydrogen-bond acceptors (Lipinski definition) is 2. The highest BCUT2D eigenvalue weighted by Crippen LogP contribution is 2.18. The largest absolute Gasteiger partial charge is 0.477 e. The number of nitrogens with one attached hydrogen (secondary N) is 1. The molecule has 0 unspecified atom stereocenters. The average Bonchev–Trinajstić information content (AvgIpc) is 2.97. The molecule has 4 nitrogen and oxygen atoms in total. The first-order chi connectivity index (χ1) is 10.6. The van der Waals surface area contributed by atoms with Crippen molar-refractivity contribution in [3.8, 4) is 0 Å². The van der Waals surface area contributed by atoms with Gasteiger partial charge in [-0.15, -0.1) is 0 Å². The van der Waals surface area contributed by atoms with Crippen LogP contribution in [0.4, 0.5) is 0 Å². The molecule has 1 heterocycles. The normalized spacial score (nSPS) is 11.1. The Labute approximate surface area is 126 Å². The summed E-state index contributed by atoms with van der Waals surface area (Å²) in [5.74, 6) is -1.15. The van der Waals surface area contributed by atoms with E-state index in [9.17, 15) is 9.59 Å². The first-order valence-electron chi connectivity index (χ1n) is 6.77. The van der Waals surface area contributed by atoms with Crippen LogP contribution in [0.3, 0.4) is 0 Å². The second-order valence-electron chi connectivity index (χ2n) is 4.90. The maximum Gasteiger partial charge on any atom is 0.352 e. The van der Waals surface area contributed by atoms with Crippen LogP contribution in [0.1, 0.15) is 26.4 Å². The van der Waals surface area contributed by atoms with E-state index in [0.717, 1.165) is 10.9 Å². The number of aromatic carboxylic acids is 1. The summed E-state index contributed by atoms with van der Waals surface area (Å²) in [5.41, 5.74) is 2.21. The molecule has 0 aliphatic carbocycles. The molecule has 0 amide bonds. The van der Waals surface area contributed by atoms with Crippen molar-refractivity contribution in [3.63, 3.8) is 0 Å². The molecule has 0 atom stereocenters. The van der Waals surface area contributed by atoms with Crippen LogP contribution in [0.2, 0.25) is 0 Å². The monoisotopic (exact) mass is 291 g/mol. The lowest BCUT2D eigenvalue weighted by Crippen LogP contribution is -1.95. The Hall–Kier alpha value is -3.14. The van der Waals surface area contributed by atoms with Crippen LogP contribution in [0.25, 0.3) is 17.0 Å². The summed E-state index contributed by atoms with van der Waals surface area (Å²) < 4.78 is 0. The molecule has 108 valence electrons. The van der Waals surface area contributed by atoms with Crippen molar-refractivity contribution in [2.45, 2.75) is 0 Å². The third kappa shape index (κ3) is 2.81. The number of ketones is 1. The molecule has 0 radical (unpaired) electrons. The summed E-state index contributed by atoms with van der Waals surface area (Å²) in [6.07, 6.45) is 3.27. The second-order valence-corrected chi connectivity index (χ2v) is 4.90. The van der Waals surface area contributed by atoms with Gasteiger partial charge in [-0.05, 0) is 23.8 Å². The van der Waals surface area contributed by atoms with E-state index in [1.54, 1.807) is 30.3 Å². The molecule has 0 spiro atoms. The molecule has 2 N–H and O–H groups in total. The summed E-state index contributed by atoms with van der Waals surface area (Å²) in [6, 6.07) is 16.2. The fourth-order valence-electron chi connectivity index (χ4n) is 2.23. The van der Waals surface area contributed by atoms with E-state index in [2.05, 4.69) is 4.98 Å². The molecule has 3 rings (SSSR count). The van der Waals surface area contributed by atoms with Crippen molar-refractivity contribution >= 4 is 28.7 Å². The third-order valence-electron chi connectivity index (χ3n) is 3.36. The standard InChI is InChI=1S/C18H13NO3/c20-17(9-6-12-4-2-1-3-5-12)14-8-7-13-10-16(18(21)22)19-15(13)11-14/h1-11,19H,(H,21,22)/b9-6+. The van der Waals surface area contributed by atoms with Gasteiger partial charge in [-0.25, -0.2) is 4.79 Å². The summed E-state index contributed by atoms with van der Waals surface area (Å²) in [4.78, 5) is 25.9. The third-order valence-corrected chi connectivity index (χ3v) is 3.36. The predicted molar refractivity (Wildman–Crippen MR) is 85.1 cm³/mol. The maximum absolute atomic E-state index is 12.2. The number of allylic oxidation sites excluding steroid dienone is 1. The topological polar surface area (TPSA) is 70.2 Å². The van der Waals surface area contributed by atoms with Crippen LogP contribution in [0, 0.1) is 0 Å². The van der Waals surface area contributed by atoms with Gasteiger partial charge in [-0.2, -0.15) is 0 Å². The molecule has 2 aromatic carbocycles. The lowest BCUT2D eigenvalue weighted by Gasteiger charge is -1.97. The van der Waals surface area contributed by atoms with Gasteiger partial charge in [-0.3, -0.25) is 4.79 Å². The molecule has 0 aliphatic heterocycles. The molecule has 0 saturated carbocycles. The highest BCUT2D eigenvalue weighted by Gasteiger charge is 2.09. The fourth-order valence-corrected chi connectivity index (χ4v) is 2.23. The number of aromatic nitrogens is 1. The van der Waals surface area contributed by atoms with E-state index >= 15 is 0 Å². The van der Waals surface area contributed by atoms with E-state index < -0.39 is 5.97 Å². The smallest absolute Gasteiger partial charge is 0.352 e. The minimum absolute atomic E-state index is 0.111. The van der Waals surface area contributed by atoms with E-state index in [0.29, 0.717) is 11.1 Å². The first kappa shape index (κ1) is 13.8. The lowest BCUT2D eigenvalue weighted by molar-refractivity contribution is 0.0691. The number of carbonyl (C=O) groups excluding carboxylic acids is 1. The Morgan fingerprint density at radius 2 is 1.77 bits per heavy atom. The van der Waals surface area contributed by atoms with Gasteiger partial charge in [0.15, 0.2) is 5.78 Å². The van der Waals surface area contributed by atoms with Gasteiger partial charge in [-0.1, -0.05) is 48.5 Å². The van der Waals surface area contributed by atoms with Gasteiger partial charge >= 0.3 is 5.97 Å². The molecule has 0 saturated heterocycles. The Bertz CT molecular complexity index is 876. The molecule has 0 fully saturated rings. The zero-order valence-corrected chi connectivity index (χ0v) is 11.6. The molecule has 4 heteroatoms. The van der Waals surface area contributed by atoms with Crippen molar-refractivity contribution in [2.24, 2.45) is 0 Å². The van der Waals surface area contributed by atoms with E-state index in [4.69, 9.17) is 5.11 Å². The van der Waals surface area contributed by atoms with Crippen LogP contribution in [0.15, 0.2) is 60.7 Å². The summed E-state index contributed by atoms with van der Waals surface area (Å²) in [7, 11) is 0. The fraction of sp³-hybridized carbons (Fsp3) is 0. The SMILES string of the molecule is O=C(/C=C/c1ccccc1)c1ccc2cc(C(=O)O)[nH]c2c1. The number of benzene rings is 2. The molecular formula is C18H13NO3. The van der Waals surface area contributed by atoms with Gasteiger partial charge in [0.25, 0.3) is 0 Å². The van der Waals surface area contributed by atoms with E-state index in [1.165, 1.54) is 6.08 Å². The van der Waals surface area contributed by atoms with Crippen molar-refractivity contribution in [2.75, 3.05) is 0 Å². The Morgan fingerprint density at radius 3 is 2.50 bits per heavy atom. The lowest BCUT2D eigenvalue weighted by atomic mass is 10.1. The van der Waals surface area contributed by atoms with Crippen LogP contribution < -0.4 is 0 Å². The Morgan fingerprint density at radius 1 is 1.00 bits per heavy atom. The van der Waals surface area contributed by atoms with Crippen LogP contribution >= 0.6 is 0 Å². The number of rotatable bonds is 4. The maximum atomic E-state index is 12.2. The minimum atomic E-state index is -1.02. The zero-order valence-electron chi connectivity index (χ0n) is 11.6. The number of carbonyl (C=O) groups is 2. The van der Waals surface area contributed by atoms with Crippen molar-refractivity contribution < 1.29 is 14.7 Å². The summed E-state index contributed by atoms with van der Waals surface area (Å²) >= 11 is 0. The highest BCUT2D eigenvalue weighted by molar-refractivity contribution is 6.08. The zero-order chi connectivity index (χ0) is 15.5. The summed E-state index contributed by atoms with van der Waals surface area (Å²) in [6.45, 7) is 0. The molecule has 0 bridgehead atoms. The first-order valence-corrected chi connectivity index (χ1v) is 6.77. The minimum Gasteiger partial charge on any atom is -0.477 e. The van der Waals surface area contributed by atoms with Crippen LogP contribution in [0.5, 0.6) is 0 Å². The van der Waals surface area contributed by atoms with E-state index in [1.807, 2.05) is 30.3 Å². The highest BCUT2D eigenvalue weighted by atomic mass is 16.4. The van der Waals surface area contributed by atoms with Crippen molar-refractivity contribution in [3.05, 3.63) is 77.5 Å². The van der Waals surface area contributed by atoms with Gasteiger partial charge in [0.05, 0.1) is 0 Å². The predicted octanol–water partition coefficient (Wildman–Crippen LogP) is 3.76. The number of carboxylic acids is 1. The van der Waals surface area contributed by atoms with Crippen molar-refractivity contribution in [1.29, 1.82) is 0 Å². The number of H-pyrrole nitrogens is 1. The molecule has 0 aliphatic rings. The molecule has 22 heavy (non-hydrogen) atoms. The Balaban J connectivity index is 1.88. The van der Waals surface area contributed by atoms with E-state index in [-0.39, 0.29) is 11.5 Å². The van der Waals surface area contributed by atoms with Crippen LogP contribution in [-0.2, 0) is 0 Å². The number of hydrogen-bond donors (Lipinski definition) is 2. The molecule has 1 aromatic heterocycles. The number of carboxylic acid groups (broad SMARTS) is 1.